The molecule has 2 N–H and O–H groups in total. The second-order valence-electron chi connectivity index (χ2n) is 3.72. The third-order valence-electron chi connectivity index (χ3n) is 2.38. The molecule has 20 heavy (non-hydrogen) atoms. The molecule has 110 valence electrons. The average Bonchev–Trinajstić information content (AvgIpc) is 2.38. The van der Waals surface area contributed by atoms with Gasteiger partial charge in [-0.1, -0.05) is 0 Å². The Hall–Kier alpha value is -2.09. The molecule has 1 aromatic heterocycles. The van der Waals surface area contributed by atoms with Crippen molar-refractivity contribution in [2.24, 2.45) is 5.73 Å². The van der Waals surface area contributed by atoms with Gasteiger partial charge in [0.15, 0.2) is 6.10 Å². The van der Waals surface area contributed by atoms with E-state index >= 15 is 0 Å². The zero-order chi connectivity index (χ0) is 15.2. The van der Waals surface area contributed by atoms with Gasteiger partial charge < -0.3 is 15.2 Å². The minimum Gasteiger partial charge on any atom is -0.464 e. The average molecular weight is 290 g/mol. The van der Waals surface area contributed by atoms with Gasteiger partial charge in [-0.05, 0) is 23.8 Å². The van der Waals surface area contributed by atoms with E-state index in [-0.39, 0.29) is 30.0 Å². The van der Waals surface area contributed by atoms with Crippen LogP contribution in [0.15, 0.2) is 24.4 Å². The van der Waals surface area contributed by atoms with Gasteiger partial charge in [0.25, 0.3) is 6.47 Å². The molecule has 0 fully saturated rings. The lowest BCUT2D eigenvalue weighted by molar-refractivity contribution is -0.216. The van der Waals surface area contributed by atoms with Crippen LogP contribution in [0.3, 0.4) is 0 Å². The van der Waals surface area contributed by atoms with Crippen molar-refractivity contribution in [2.75, 3.05) is 13.7 Å². The summed E-state index contributed by atoms with van der Waals surface area (Å²) in [5.74, 6) is 0. The number of rotatable bonds is 6. The van der Waals surface area contributed by atoms with E-state index in [0.29, 0.717) is 0 Å². The maximum Gasteiger partial charge on any atom is 0.418 e. The van der Waals surface area contributed by atoms with Crippen LogP contribution in [0.25, 0.3) is 5.70 Å². The summed E-state index contributed by atoms with van der Waals surface area (Å²) in [6, 6.07) is 2.37. The lowest BCUT2D eigenvalue weighted by atomic mass is 10.1. The first-order valence-corrected chi connectivity index (χ1v) is 5.47. The van der Waals surface area contributed by atoms with Crippen LogP contribution in [0.1, 0.15) is 17.4 Å². The second kappa shape index (κ2) is 6.90. The van der Waals surface area contributed by atoms with Gasteiger partial charge in [0.05, 0.1) is 11.4 Å². The summed E-state index contributed by atoms with van der Waals surface area (Å²) < 4.78 is 47.1. The Labute approximate surface area is 113 Å². The second-order valence-corrected chi connectivity index (χ2v) is 3.72. The highest BCUT2D eigenvalue weighted by molar-refractivity contribution is 5.60. The maximum absolute atomic E-state index is 12.7. The highest BCUT2D eigenvalue weighted by Crippen LogP contribution is 2.35. The van der Waals surface area contributed by atoms with Crippen molar-refractivity contribution in [3.8, 4) is 0 Å². The molecule has 0 saturated heterocycles. The summed E-state index contributed by atoms with van der Waals surface area (Å²) >= 11 is 0. The number of halogens is 3. The molecule has 1 atom stereocenters. The fraction of sp³-hybridized carbons (Fsp3) is 0.333. The van der Waals surface area contributed by atoms with Gasteiger partial charge in [0.2, 0.25) is 0 Å². The summed E-state index contributed by atoms with van der Waals surface area (Å²) in [4.78, 5) is 13.8. The van der Waals surface area contributed by atoms with Crippen molar-refractivity contribution in [3.63, 3.8) is 0 Å². The van der Waals surface area contributed by atoms with E-state index in [1.54, 1.807) is 0 Å². The fourth-order valence-corrected chi connectivity index (χ4v) is 1.51. The number of hydrogen-bond acceptors (Lipinski definition) is 5. The smallest absolute Gasteiger partial charge is 0.418 e. The lowest BCUT2D eigenvalue weighted by Crippen LogP contribution is -2.22. The number of hydrogen-bond donors (Lipinski definition) is 1. The van der Waals surface area contributed by atoms with Gasteiger partial charge in [-0.15, -0.1) is 0 Å². The van der Waals surface area contributed by atoms with E-state index in [1.807, 2.05) is 0 Å². The SMILES string of the molecule is COC(c1ccnc(/C(N)=C\COC=O)c1)C(F)(F)F. The van der Waals surface area contributed by atoms with Crippen LogP contribution < -0.4 is 5.73 Å². The third kappa shape index (κ3) is 4.23. The molecule has 0 radical (unpaired) electrons. The molecule has 1 rings (SSSR count). The Balaban J connectivity index is 3.01. The third-order valence-corrected chi connectivity index (χ3v) is 2.38. The number of aromatic nitrogens is 1. The molecule has 0 saturated carbocycles. The van der Waals surface area contributed by atoms with E-state index < -0.39 is 12.3 Å². The molecule has 0 spiro atoms. The summed E-state index contributed by atoms with van der Waals surface area (Å²) in [5.41, 5.74) is 5.77. The van der Waals surface area contributed by atoms with Gasteiger partial charge in [-0.25, -0.2) is 0 Å². The van der Waals surface area contributed by atoms with Crippen LogP contribution in [0.4, 0.5) is 13.2 Å². The van der Waals surface area contributed by atoms with Gasteiger partial charge in [-0.3, -0.25) is 9.78 Å². The molecule has 5 nitrogen and oxygen atoms in total. The van der Waals surface area contributed by atoms with Gasteiger partial charge >= 0.3 is 6.18 Å². The zero-order valence-electron chi connectivity index (χ0n) is 10.6. The van der Waals surface area contributed by atoms with Crippen LogP contribution >= 0.6 is 0 Å². The van der Waals surface area contributed by atoms with E-state index in [4.69, 9.17) is 5.73 Å². The molecule has 0 amide bonds. The Kier molecular flexibility index (Phi) is 5.51. The molecule has 1 unspecified atom stereocenters. The van der Waals surface area contributed by atoms with Crippen LogP contribution in [-0.2, 0) is 14.3 Å². The molecule has 8 heteroatoms. The fourth-order valence-electron chi connectivity index (χ4n) is 1.51. The van der Waals surface area contributed by atoms with E-state index in [9.17, 15) is 18.0 Å². The molecule has 1 aromatic rings. The van der Waals surface area contributed by atoms with Gasteiger partial charge in [-0.2, -0.15) is 13.2 Å². The summed E-state index contributed by atoms with van der Waals surface area (Å²) in [7, 11) is 0.968. The van der Waals surface area contributed by atoms with E-state index in [0.717, 1.165) is 7.11 Å². The number of nitrogens with zero attached hydrogens (tertiary/aromatic N) is 1. The predicted octanol–water partition coefficient (Wildman–Crippen LogP) is 1.80. The maximum atomic E-state index is 12.7. The molecule has 0 aromatic carbocycles. The van der Waals surface area contributed by atoms with Gasteiger partial charge in [0.1, 0.15) is 6.61 Å². The highest BCUT2D eigenvalue weighted by Gasteiger charge is 2.41. The summed E-state index contributed by atoms with van der Waals surface area (Å²) in [6.07, 6.45) is -4.06. The highest BCUT2D eigenvalue weighted by atomic mass is 19.4. The molecule has 0 aliphatic carbocycles. The van der Waals surface area contributed by atoms with Crippen LogP contribution in [0.2, 0.25) is 0 Å². The molecule has 0 bridgehead atoms. The van der Waals surface area contributed by atoms with E-state index in [2.05, 4.69) is 14.5 Å². The zero-order valence-corrected chi connectivity index (χ0v) is 10.6. The Bertz CT molecular complexity index is 489. The van der Waals surface area contributed by atoms with Crippen molar-refractivity contribution < 1.29 is 27.4 Å². The molecular formula is C12H13F3N2O3. The standard InChI is InChI=1S/C12H13F3N2O3/c1-19-11(12(13,14)15)8-2-4-17-10(6-8)9(16)3-5-20-7-18/h2-4,6-7,11H,5,16H2,1H3/b9-3+. The van der Waals surface area contributed by atoms with Crippen LogP contribution in [0, 0.1) is 0 Å². The first-order chi connectivity index (χ1) is 9.40. The predicted molar refractivity (Wildman–Crippen MR) is 64.2 cm³/mol. The Morgan fingerprint density at radius 2 is 2.25 bits per heavy atom. The number of ether oxygens (including phenoxy) is 2. The number of carbonyl (C=O) groups excluding carboxylic acids is 1. The quantitative estimate of drug-likeness (QED) is 0.639. The first kappa shape index (κ1) is 16.0. The molecular weight excluding hydrogens is 277 g/mol. The number of nitrogens with two attached hydrogens (primary N) is 1. The summed E-state index contributed by atoms with van der Waals surface area (Å²) in [5, 5.41) is 0. The number of methoxy groups -OCH3 is 1. The van der Waals surface area contributed by atoms with Crippen molar-refractivity contribution in [1.29, 1.82) is 0 Å². The summed E-state index contributed by atoms with van der Waals surface area (Å²) in [6.45, 7) is 0.145. The minimum absolute atomic E-state index is 0.0891. The molecule has 0 aliphatic rings. The first-order valence-electron chi connectivity index (χ1n) is 5.47. The van der Waals surface area contributed by atoms with Crippen molar-refractivity contribution >= 4 is 12.2 Å². The number of alkyl halides is 3. The van der Waals surface area contributed by atoms with Gasteiger partial charge in [0, 0.05) is 13.3 Å². The monoisotopic (exact) mass is 290 g/mol. The largest absolute Gasteiger partial charge is 0.464 e. The molecule has 1 heterocycles. The van der Waals surface area contributed by atoms with Crippen molar-refractivity contribution in [3.05, 3.63) is 35.7 Å². The van der Waals surface area contributed by atoms with Crippen molar-refractivity contribution in [2.45, 2.75) is 12.3 Å². The van der Waals surface area contributed by atoms with Crippen LogP contribution in [-0.4, -0.2) is 31.3 Å². The minimum atomic E-state index is -4.54. The van der Waals surface area contributed by atoms with Crippen LogP contribution in [0.5, 0.6) is 0 Å². The number of carbonyl (C=O) groups is 1. The van der Waals surface area contributed by atoms with Crippen molar-refractivity contribution in [1.82, 2.24) is 4.98 Å². The number of pyridine rings is 1. The molecule has 0 aliphatic heterocycles. The Morgan fingerprint density at radius 3 is 2.80 bits per heavy atom. The Morgan fingerprint density at radius 1 is 1.55 bits per heavy atom. The topological polar surface area (TPSA) is 74.4 Å². The lowest BCUT2D eigenvalue weighted by Gasteiger charge is -2.19. The van der Waals surface area contributed by atoms with E-state index in [1.165, 1.54) is 24.4 Å². The normalized spacial score (nSPS) is 13.9.